The first kappa shape index (κ1) is 20.4. The van der Waals surface area contributed by atoms with Gasteiger partial charge in [0.05, 0.1) is 17.3 Å². The van der Waals surface area contributed by atoms with Crippen molar-refractivity contribution < 1.29 is 14.3 Å². The Bertz CT molecular complexity index is 1210. The molecule has 7 nitrogen and oxygen atoms in total. The molecule has 0 aliphatic carbocycles. The molecule has 4 aromatic rings. The van der Waals surface area contributed by atoms with Crippen LogP contribution in [-0.4, -0.2) is 24.0 Å². The largest absolute Gasteiger partial charge is 0.497 e. The number of aromatic nitrogens is 1. The van der Waals surface area contributed by atoms with Gasteiger partial charge in [0.15, 0.2) is 5.13 Å². The maximum atomic E-state index is 12.3. The Kier molecular flexibility index (Phi) is 6.09. The van der Waals surface area contributed by atoms with Crippen LogP contribution in [0, 0.1) is 0 Å². The number of benzene rings is 3. The summed E-state index contributed by atoms with van der Waals surface area (Å²) >= 11 is 1.36. The Hall–Kier alpha value is -3.91. The van der Waals surface area contributed by atoms with Crippen molar-refractivity contribution in [2.24, 2.45) is 0 Å². The highest BCUT2D eigenvalue weighted by Crippen LogP contribution is 2.29. The van der Waals surface area contributed by atoms with E-state index in [1.165, 1.54) is 11.3 Å². The van der Waals surface area contributed by atoms with Crippen molar-refractivity contribution >= 4 is 44.3 Å². The van der Waals surface area contributed by atoms with Crippen molar-refractivity contribution in [2.45, 2.75) is 6.54 Å². The normalized spacial score (nSPS) is 10.5. The summed E-state index contributed by atoms with van der Waals surface area (Å²) in [5.74, 6) is 0.560. The quantitative estimate of drug-likeness (QED) is 0.405. The Morgan fingerprint density at radius 1 is 0.968 bits per heavy atom. The molecule has 0 radical (unpaired) electrons. The van der Waals surface area contributed by atoms with Gasteiger partial charge in [0.2, 0.25) is 0 Å². The number of amides is 3. The Morgan fingerprint density at radius 3 is 2.48 bits per heavy atom. The zero-order chi connectivity index (χ0) is 21.6. The van der Waals surface area contributed by atoms with Crippen molar-refractivity contribution in [2.75, 3.05) is 17.7 Å². The molecule has 0 atom stereocenters. The van der Waals surface area contributed by atoms with Gasteiger partial charge in [-0.05, 0) is 48.0 Å². The average molecular weight is 433 g/mol. The van der Waals surface area contributed by atoms with Gasteiger partial charge in [-0.3, -0.25) is 10.1 Å². The lowest BCUT2D eigenvalue weighted by atomic mass is 10.2. The minimum absolute atomic E-state index is 0.176. The van der Waals surface area contributed by atoms with E-state index in [2.05, 4.69) is 20.9 Å². The smallest absolute Gasteiger partial charge is 0.325 e. The summed E-state index contributed by atoms with van der Waals surface area (Å²) in [6.07, 6.45) is 0. The fourth-order valence-corrected chi connectivity index (χ4v) is 3.82. The van der Waals surface area contributed by atoms with Crippen molar-refractivity contribution in [3.05, 3.63) is 83.9 Å². The van der Waals surface area contributed by atoms with Gasteiger partial charge in [0.25, 0.3) is 5.91 Å². The molecule has 0 aliphatic rings. The average Bonchev–Trinajstić information content (AvgIpc) is 3.19. The summed E-state index contributed by atoms with van der Waals surface area (Å²) < 4.78 is 6.12. The molecule has 0 saturated carbocycles. The van der Waals surface area contributed by atoms with Crippen LogP contribution in [-0.2, 0) is 6.54 Å². The molecule has 156 valence electrons. The van der Waals surface area contributed by atoms with E-state index in [-0.39, 0.29) is 5.91 Å². The lowest BCUT2D eigenvalue weighted by Gasteiger charge is -2.08. The number of hydrogen-bond donors (Lipinski definition) is 3. The third kappa shape index (κ3) is 5.18. The summed E-state index contributed by atoms with van der Waals surface area (Å²) in [4.78, 5) is 29.0. The van der Waals surface area contributed by atoms with Crippen LogP contribution < -0.4 is 20.7 Å². The molecule has 3 aromatic carbocycles. The summed E-state index contributed by atoms with van der Waals surface area (Å²) in [5, 5.41) is 8.83. The molecule has 1 heterocycles. The van der Waals surface area contributed by atoms with E-state index in [1.807, 2.05) is 48.5 Å². The van der Waals surface area contributed by atoms with Gasteiger partial charge < -0.3 is 15.4 Å². The third-order valence-electron chi connectivity index (χ3n) is 4.52. The Morgan fingerprint density at radius 2 is 1.74 bits per heavy atom. The second-order valence-corrected chi connectivity index (χ2v) is 7.71. The minimum Gasteiger partial charge on any atom is -0.497 e. The zero-order valence-electron chi connectivity index (χ0n) is 16.7. The van der Waals surface area contributed by atoms with E-state index in [1.54, 1.807) is 31.4 Å². The highest BCUT2D eigenvalue weighted by Gasteiger charge is 2.10. The topological polar surface area (TPSA) is 92.3 Å². The van der Waals surface area contributed by atoms with Crippen LogP contribution in [0.4, 0.5) is 15.6 Å². The van der Waals surface area contributed by atoms with E-state index in [4.69, 9.17) is 4.74 Å². The number of urea groups is 1. The highest BCUT2D eigenvalue weighted by molar-refractivity contribution is 7.22. The van der Waals surface area contributed by atoms with E-state index in [0.717, 1.165) is 21.5 Å². The fourth-order valence-electron chi connectivity index (χ4n) is 2.93. The monoisotopic (exact) mass is 432 g/mol. The van der Waals surface area contributed by atoms with E-state index in [9.17, 15) is 9.59 Å². The van der Waals surface area contributed by atoms with Crippen LogP contribution in [0.2, 0.25) is 0 Å². The van der Waals surface area contributed by atoms with E-state index in [0.29, 0.717) is 22.9 Å². The van der Waals surface area contributed by atoms with Crippen LogP contribution in [0.25, 0.3) is 10.2 Å². The molecule has 3 amide bonds. The molecule has 1 aromatic heterocycles. The molecule has 0 saturated heterocycles. The molecule has 0 fully saturated rings. The Labute approximate surface area is 183 Å². The maximum Gasteiger partial charge on any atom is 0.325 e. The van der Waals surface area contributed by atoms with Gasteiger partial charge in [-0.2, -0.15) is 0 Å². The van der Waals surface area contributed by atoms with Crippen LogP contribution in [0.1, 0.15) is 15.9 Å². The summed E-state index contributed by atoms with van der Waals surface area (Å²) in [7, 11) is 1.60. The number of ether oxygens (including phenoxy) is 1. The first-order valence-electron chi connectivity index (χ1n) is 9.55. The van der Waals surface area contributed by atoms with Crippen molar-refractivity contribution in [3.8, 4) is 5.75 Å². The first-order valence-corrected chi connectivity index (χ1v) is 10.4. The molecule has 0 bridgehead atoms. The van der Waals surface area contributed by atoms with Gasteiger partial charge >= 0.3 is 6.03 Å². The fraction of sp³-hybridized carbons (Fsp3) is 0.0870. The second-order valence-electron chi connectivity index (χ2n) is 6.68. The number of nitrogens with one attached hydrogen (secondary N) is 3. The van der Waals surface area contributed by atoms with Crippen LogP contribution >= 0.6 is 11.3 Å². The summed E-state index contributed by atoms with van der Waals surface area (Å²) in [6, 6.07) is 21.5. The van der Waals surface area contributed by atoms with Crippen molar-refractivity contribution in [1.82, 2.24) is 10.3 Å². The van der Waals surface area contributed by atoms with Crippen LogP contribution in [0.3, 0.4) is 0 Å². The summed E-state index contributed by atoms with van der Waals surface area (Å²) in [6.45, 7) is 0.454. The molecule has 3 N–H and O–H groups in total. The molecule has 31 heavy (non-hydrogen) atoms. The number of fused-ring (bicyclic) bond motifs is 1. The maximum absolute atomic E-state index is 12.3. The predicted octanol–water partition coefficient (Wildman–Crippen LogP) is 4.88. The van der Waals surface area contributed by atoms with Gasteiger partial charge in [-0.25, -0.2) is 9.78 Å². The second kappa shape index (κ2) is 9.27. The van der Waals surface area contributed by atoms with E-state index < -0.39 is 6.03 Å². The number of hydrogen-bond acceptors (Lipinski definition) is 5. The standard InChI is InChI=1S/C23H20N4O3S/c1-30-18-11-12-19-20(13-18)31-23(26-19)27-22(29)25-17-9-7-16(8-10-17)21(28)24-14-15-5-3-2-4-6-15/h2-13H,14H2,1H3,(H,24,28)(H2,25,26,27,29). The van der Waals surface area contributed by atoms with Crippen LogP contribution in [0.5, 0.6) is 5.75 Å². The number of carbonyl (C=O) groups excluding carboxylic acids is 2. The van der Waals surface area contributed by atoms with Gasteiger partial charge in [0, 0.05) is 17.8 Å². The third-order valence-corrected chi connectivity index (χ3v) is 5.45. The van der Waals surface area contributed by atoms with Gasteiger partial charge in [0.1, 0.15) is 5.75 Å². The van der Waals surface area contributed by atoms with Crippen molar-refractivity contribution in [3.63, 3.8) is 0 Å². The molecular weight excluding hydrogens is 412 g/mol. The Balaban J connectivity index is 1.33. The van der Waals surface area contributed by atoms with Crippen LogP contribution in [0.15, 0.2) is 72.8 Å². The number of anilines is 2. The molecule has 0 aliphatic heterocycles. The molecule has 4 rings (SSSR count). The number of carbonyl (C=O) groups is 2. The number of rotatable bonds is 6. The molecule has 8 heteroatoms. The number of thiazole rings is 1. The summed E-state index contributed by atoms with van der Waals surface area (Å²) in [5.41, 5.74) is 2.90. The molecule has 0 spiro atoms. The lowest BCUT2D eigenvalue weighted by Crippen LogP contribution is -2.23. The zero-order valence-corrected chi connectivity index (χ0v) is 17.5. The molecule has 0 unspecified atom stereocenters. The minimum atomic E-state index is -0.410. The SMILES string of the molecule is COc1ccc2nc(NC(=O)Nc3ccc(C(=O)NCc4ccccc4)cc3)sc2c1. The lowest BCUT2D eigenvalue weighted by molar-refractivity contribution is 0.0951. The number of nitrogens with zero attached hydrogens (tertiary/aromatic N) is 1. The van der Waals surface area contributed by atoms with E-state index >= 15 is 0 Å². The molecular formula is C23H20N4O3S. The van der Waals surface area contributed by atoms with Crippen molar-refractivity contribution in [1.29, 1.82) is 0 Å². The first-order chi connectivity index (χ1) is 15.1. The number of methoxy groups -OCH3 is 1. The highest BCUT2D eigenvalue weighted by atomic mass is 32.1. The van der Waals surface area contributed by atoms with Gasteiger partial charge in [-0.15, -0.1) is 0 Å². The van der Waals surface area contributed by atoms with Gasteiger partial charge in [-0.1, -0.05) is 41.7 Å². The predicted molar refractivity (Wildman–Crippen MR) is 123 cm³/mol.